The summed E-state index contributed by atoms with van der Waals surface area (Å²) in [7, 11) is 0. The van der Waals surface area contributed by atoms with Crippen LogP contribution in [0.4, 0.5) is 0 Å². The largest absolute Gasteiger partial charge is 0.392 e. The summed E-state index contributed by atoms with van der Waals surface area (Å²) in [5.74, 6) is -0.225. The van der Waals surface area contributed by atoms with Gasteiger partial charge < -0.3 is 10.2 Å². The fraction of sp³-hybridized carbons (Fsp3) is 0.500. The number of allylic oxidation sites excluding steroid dienone is 1. The zero-order chi connectivity index (χ0) is 8.20. The molecule has 4 nitrogen and oxygen atoms in total. The molecular formula is C6H11NO3. The van der Waals surface area contributed by atoms with Crippen LogP contribution in [0.2, 0.25) is 0 Å². The minimum atomic E-state index is -1.77. The summed E-state index contributed by atoms with van der Waals surface area (Å²) in [6, 6.07) is 0. The Hall–Kier alpha value is -0.710. The number of hydrogen-bond donors (Lipinski definition) is 3. The number of nitrogens with two attached hydrogens (primary N) is 1. The molecule has 0 spiro atoms. The molecule has 0 aliphatic rings. The summed E-state index contributed by atoms with van der Waals surface area (Å²) in [5.41, 5.74) is 3.26. The fourth-order valence-electron chi connectivity index (χ4n) is 0.314. The molecule has 0 bridgehead atoms. The molecule has 0 aliphatic heterocycles. The van der Waals surface area contributed by atoms with Gasteiger partial charge in [0.25, 0.3) is 0 Å². The number of hydrogen-bond acceptors (Lipinski definition) is 4. The molecule has 0 aromatic rings. The first-order valence-electron chi connectivity index (χ1n) is 2.80. The van der Waals surface area contributed by atoms with E-state index in [1.54, 1.807) is 0 Å². The van der Waals surface area contributed by atoms with E-state index < -0.39 is 12.3 Å². The Bertz CT molecular complexity index is 151. The lowest BCUT2D eigenvalue weighted by Crippen LogP contribution is -2.41. The highest BCUT2D eigenvalue weighted by atomic mass is 16.3. The van der Waals surface area contributed by atoms with E-state index in [0.717, 1.165) is 12.2 Å². The number of carbonyl (C=O) groups excluding carboxylic acids is 1. The summed E-state index contributed by atoms with van der Waals surface area (Å²) in [5, 5.41) is 17.2. The predicted molar refractivity (Wildman–Crippen MR) is 36.0 cm³/mol. The average molecular weight is 145 g/mol. The zero-order valence-corrected chi connectivity index (χ0v) is 5.74. The van der Waals surface area contributed by atoms with E-state index in [1.165, 1.54) is 6.92 Å². The van der Waals surface area contributed by atoms with Crippen LogP contribution in [0.5, 0.6) is 0 Å². The lowest BCUT2D eigenvalue weighted by Gasteiger charge is -2.13. The number of rotatable bonds is 3. The van der Waals surface area contributed by atoms with Crippen molar-refractivity contribution in [3.8, 4) is 0 Å². The van der Waals surface area contributed by atoms with Crippen molar-refractivity contribution in [2.45, 2.75) is 12.6 Å². The van der Waals surface area contributed by atoms with Gasteiger partial charge in [0, 0.05) is 0 Å². The average Bonchev–Trinajstić information content (AvgIpc) is 1.85. The van der Waals surface area contributed by atoms with Crippen molar-refractivity contribution in [2.24, 2.45) is 5.73 Å². The Balaban J connectivity index is 3.99. The number of ketones is 1. The number of aliphatic hydroxyl groups excluding tert-OH is 1. The van der Waals surface area contributed by atoms with Gasteiger partial charge in [-0.3, -0.25) is 10.5 Å². The zero-order valence-electron chi connectivity index (χ0n) is 5.74. The van der Waals surface area contributed by atoms with Gasteiger partial charge in [-0.25, -0.2) is 0 Å². The Morgan fingerprint density at radius 3 is 2.60 bits per heavy atom. The second-order valence-electron chi connectivity index (χ2n) is 2.09. The molecule has 0 aromatic carbocycles. The minimum absolute atomic E-state index is 0.225. The SMILES string of the molecule is CC(=O)/C=C/C(N)(O)CO. The molecule has 4 heteroatoms. The van der Waals surface area contributed by atoms with E-state index >= 15 is 0 Å². The lowest BCUT2D eigenvalue weighted by molar-refractivity contribution is -0.112. The normalized spacial score (nSPS) is 17.2. The maximum atomic E-state index is 10.3. The summed E-state index contributed by atoms with van der Waals surface area (Å²) < 4.78 is 0. The van der Waals surface area contributed by atoms with Gasteiger partial charge in [-0.05, 0) is 19.1 Å². The molecule has 58 valence electrons. The van der Waals surface area contributed by atoms with E-state index in [9.17, 15) is 4.79 Å². The molecule has 10 heavy (non-hydrogen) atoms. The Morgan fingerprint density at radius 2 is 2.30 bits per heavy atom. The van der Waals surface area contributed by atoms with Gasteiger partial charge in [0.05, 0.1) is 6.61 Å². The van der Waals surface area contributed by atoms with Crippen LogP contribution in [0.15, 0.2) is 12.2 Å². The van der Waals surface area contributed by atoms with Gasteiger partial charge in [0.2, 0.25) is 0 Å². The Labute approximate surface area is 59.0 Å². The van der Waals surface area contributed by atoms with Crippen molar-refractivity contribution in [1.29, 1.82) is 0 Å². The van der Waals surface area contributed by atoms with Crippen LogP contribution in [0.3, 0.4) is 0 Å². The summed E-state index contributed by atoms with van der Waals surface area (Å²) in [4.78, 5) is 10.3. The van der Waals surface area contributed by atoms with Crippen LogP contribution in [0, 0.1) is 0 Å². The third kappa shape index (κ3) is 4.20. The molecule has 0 fully saturated rings. The van der Waals surface area contributed by atoms with Gasteiger partial charge in [-0.15, -0.1) is 0 Å². The molecule has 0 aliphatic carbocycles. The van der Waals surface area contributed by atoms with E-state index in [0.29, 0.717) is 0 Å². The predicted octanol–water partition coefficient (Wildman–Crippen LogP) is -1.23. The highest BCUT2D eigenvalue weighted by Crippen LogP contribution is 1.94. The number of carbonyl (C=O) groups is 1. The highest BCUT2D eigenvalue weighted by molar-refractivity contribution is 5.87. The van der Waals surface area contributed by atoms with Gasteiger partial charge >= 0.3 is 0 Å². The van der Waals surface area contributed by atoms with Crippen LogP contribution in [0.1, 0.15) is 6.92 Å². The van der Waals surface area contributed by atoms with Crippen LogP contribution in [-0.2, 0) is 4.79 Å². The fourth-order valence-corrected chi connectivity index (χ4v) is 0.314. The summed E-state index contributed by atoms with van der Waals surface area (Å²) in [6.07, 6.45) is 2.16. The third-order valence-electron chi connectivity index (χ3n) is 0.860. The van der Waals surface area contributed by atoms with Crippen LogP contribution < -0.4 is 5.73 Å². The summed E-state index contributed by atoms with van der Waals surface area (Å²) in [6.45, 7) is 0.723. The molecule has 0 saturated carbocycles. The molecule has 0 saturated heterocycles. The van der Waals surface area contributed by atoms with Crippen molar-refractivity contribution in [3.63, 3.8) is 0 Å². The first-order chi connectivity index (χ1) is 4.48. The smallest absolute Gasteiger partial charge is 0.156 e. The van der Waals surface area contributed by atoms with Crippen LogP contribution >= 0.6 is 0 Å². The molecule has 1 unspecified atom stereocenters. The first-order valence-corrected chi connectivity index (χ1v) is 2.80. The van der Waals surface area contributed by atoms with Gasteiger partial charge in [0.15, 0.2) is 11.5 Å². The van der Waals surface area contributed by atoms with E-state index in [1.807, 2.05) is 0 Å². The number of aliphatic hydroxyl groups is 2. The van der Waals surface area contributed by atoms with Crippen molar-refractivity contribution in [1.82, 2.24) is 0 Å². The molecule has 0 amide bonds. The molecular weight excluding hydrogens is 134 g/mol. The Morgan fingerprint density at radius 1 is 1.80 bits per heavy atom. The van der Waals surface area contributed by atoms with Crippen molar-refractivity contribution >= 4 is 5.78 Å². The molecule has 4 N–H and O–H groups in total. The maximum absolute atomic E-state index is 10.3. The maximum Gasteiger partial charge on any atom is 0.156 e. The molecule has 1 atom stereocenters. The van der Waals surface area contributed by atoms with Gasteiger partial charge in [0.1, 0.15) is 0 Å². The van der Waals surface area contributed by atoms with Crippen molar-refractivity contribution in [2.75, 3.05) is 6.61 Å². The van der Waals surface area contributed by atoms with E-state index in [2.05, 4.69) is 0 Å². The lowest BCUT2D eigenvalue weighted by atomic mass is 10.2. The molecule has 0 heterocycles. The minimum Gasteiger partial charge on any atom is -0.392 e. The van der Waals surface area contributed by atoms with Crippen molar-refractivity contribution in [3.05, 3.63) is 12.2 Å². The highest BCUT2D eigenvalue weighted by Gasteiger charge is 2.13. The van der Waals surface area contributed by atoms with Crippen LogP contribution in [0.25, 0.3) is 0 Å². The van der Waals surface area contributed by atoms with Gasteiger partial charge in [-0.1, -0.05) is 0 Å². The summed E-state index contributed by atoms with van der Waals surface area (Å²) >= 11 is 0. The van der Waals surface area contributed by atoms with E-state index in [-0.39, 0.29) is 5.78 Å². The molecule has 0 radical (unpaired) electrons. The monoisotopic (exact) mass is 145 g/mol. The second kappa shape index (κ2) is 3.46. The van der Waals surface area contributed by atoms with Gasteiger partial charge in [-0.2, -0.15) is 0 Å². The second-order valence-corrected chi connectivity index (χ2v) is 2.09. The van der Waals surface area contributed by atoms with E-state index in [4.69, 9.17) is 15.9 Å². The quantitative estimate of drug-likeness (QED) is 0.343. The van der Waals surface area contributed by atoms with Crippen molar-refractivity contribution < 1.29 is 15.0 Å². The Kier molecular flexibility index (Phi) is 3.21. The van der Waals surface area contributed by atoms with Crippen LogP contribution in [-0.4, -0.2) is 28.3 Å². The first kappa shape index (κ1) is 9.29. The topological polar surface area (TPSA) is 83.6 Å². The molecule has 0 rings (SSSR count). The molecule has 0 aromatic heterocycles. The third-order valence-corrected chi connectivity index (χ3v) is 0.860. The standard InChI is InChI=1S/C6H11NO3/c1-5(9)2-3-6(7,10)4-8/h2-3,8,10H,4,7H2,1H3/b3-2+.